The lowest BCUT2D eigenvalue weighted by molar-refractivity contribution is 0.188. The van der Waals surface area contributed by atoms with E-state index in [1.165, 1.54) is 26.4 Å². The number of nitriles is 1. The number of hydrogen-bond acceptors (Lipinski definition) is 7. The second-order valence-corrected chi connectivity index (χ2v) is 7.73. The van der Waals surface area contributed by atoms with E-state index < -0.39 is 17.0 Å². The Morgan fingerprint density at radius 3 is 2.00 bits per heavy atom. The summed E-state index contributed by atoms with van der Waals surface area (Å²) in [7, 11) is 3.05. The van der Waals surface area contributed by atoms with Crippen LogP contribution in [0.3, 0.4) is 0 Å². The van der Waals surface area contributed by atoms with E-state index in [-0.39, 0.29) is 52.5 Å². The molecule has 10 nitrogen and oxygen atoms in total. The molecule has 0 fully saturated rings. The molecule has 2 aromatic rings. The topological polar surface area (TPSA) is 131 Å². The number of aromatic nitrogens is 2. The Hall–Kier alpha value is -4.08. The molecule has 0 aliphatic rings. The van der Waals surface area contributed by atoms with E-state index >= 15 is 0 Å². The summed E-state index contributed by atoms with van der Waals surface area (Å²) in [5, 5.41) is 30.6. The van der Waals surface area contributed by atoms with E-state index in [4.69, 9.17) is 16.0 Å². The first kappa shape index (κ1) is 27.2. The summed E-state index contributed by atoms with van der Waals surface area (Å²) < 4.78 is 12.2. The third-order valence-electron chi connectivity index (χ3n) is 5.58. The van der Waals surface area contributed by atoms with Crippen molar-refractivity contribution in [2.24, 2.45) is 0 Å². The molecule has 184 valence electrons. The largest absolute Gasteiger partial charge is 0.503 e. The predicted molar refractivity (Wildman–Crippen MR) is 131 cm³/mol. The number of hydrogen-bond donors (Lipinski definition) is 2. The Kier molecular flexibility index (Phi) is 9.63. The fourth-order valence-electron chi connectivity index (χ4n) is 3.63. The van der Waals surface area contributed by atoms with Gasteiger partial charge in [-0.1, -0.05) is 0 Å². The summed E-state index contributed by atoms with van der Waals surface area (Å²) in [4.78, 5) is 29.0. The Morgan fingerprint density at radius 1 is 0.943 bits per heavy atom. The number of nitrogens with zero attached hydrogens (tertiary/aromatic N) is 4. The quantitative estimate of drug-likeness (QED) is 0.304. The third kappa shape index (κ3) is 5.71. The van der Waals surface area contributed by atoms with Crippen LogP contribution in [0.4, 0.5) is 5.69 Å². The fraction of sp³-hybridized carbons (Fsp3) is 0.400. The molecule has 0 atom stereocenters. The van der Waals surface area contributed by atoms with Crippen LogP contribution in [-0.4, -0.2) is 46.8 Å². The van der Waals surface area contributed by atoms with E-state index in [0.717, 1.165) is 9.13 Å². The number of aromatic hydroxyl groups is 2. The Bertz CT molecular complexity index is 1370. The smallest absolute Gasteiger partial charge is 0.271 e. The molecule has 0 radical (unpaired) electrons. The lowest BCUT2D eigenvalue weighted by Gasteiger charge is -2.14. The van der Waals surface area contributed by atoms with E-state index in [1.54, 1.807) is 13.8 Å². The zero-order chi connectivity index (χ0) is 26.1. The molecular weight excluding hydrogens is 452 g/mol. The molecule has 0 aliphatic carbocycles. The molecule has 0 amide bonds. The van der Waals surface area contributed by atoms with Gasteiger partial charge in [-0.3, -0.25) is 18.7 Å². The minimum atomic E-state index is -0.602. The van der Waals surface area contributed by atoms with Crippen LogP contribution in [0.2, 0.25) is 0 Å². The van der Waals surface area contributed by atoms with Crippen molar-refractivity contribution < 1.29 is 19.7 Å². The van der Waals surface area contributed by atoms with Crippen LogP contribution >= 0.6 is 0 Å². The molecule has 0 spiro atoms. The van der Waals surface area contributed by atoms with E-state index in [1.807, 2.05) is 6.07 Å². The predicted octanol–water partition coefficient (Wildman–Crippen LogP) is 2.86. The second kappa shape index (κ2) is 12.4. The van der Waals surface area contributed by atoms with Crippen molar-refractivity contribution in [3.05, 3.63) is 65.7 Å². The highest BCUT2D eigenvalue weighted by atomic mass is 16.5. The maximum atomic E-state index is 13.0. The van der Waals surface area contributed by atoms with Crippen LogP contribution < -0.4 is 11.1 Å². The first-order chi connectivity index (χ1) is 16.7. The van der Waals surface area contributed by atoms with Crippen molar-refractivity contribution in [1.29, 1.82) is 5.26 Å². The minimum Gasteiger partial charge on any atom is -0.503 e. The van der Waals surface area contributed by atoms with Crippen LogP contribution in [0.1, 0.15) is 40.7 Å². The normalized spacial score (nSPS) is 10.3. The molecular formula is C25H28N4O6. The molecule has 0 saturated carbocycles. The zero-order valence-corrected chi connectivity index (χ0v) is 20.2. The van der Waals surface area contributed by atoms with Crippen molar-refractivity contribution in [3.63, 3.8) is 0 Å². The van der Waals surface area contributed by atoms with Gasteiger partial charge in [-0.2, -0.15) is 5.26 Å². The highest BCUT2D eigenvalue weighted by molar-refractivity contribution is 5.70. The van der Waals surface area contributed by atoms with Crippen molar-refractivity contribution in [2.45, 2.75) is 39.8 Å². The number of ether oxygens (including phenoxy) is 2. The monoisotopic (exact) mass is 480 g/mol. The van der Waals surface area contributed by atoms with Crippen molar-refractivity contribution in [2.75, 3.05) is 27.4 Å². The van der Waals surface area contributed by atoms with Crippen molar-refractivity contribution in [1.82, 2.24) is 9.13 Å². The van der Waals surface area contributed by atoms with Crippen LogP contribution in [0.5, 0.6) is 11.8 Å². The van der Waals surface area contributed by atoms with Crippen LogP contribution in [0.25, 0.3) is 17.0 Å². The average Bonchev–Trinajstić information content (AvgIpc) is 2.83. The second-order valence-electron chi connectivity index (χ2n) is 7.73. The van der Waals surface area contributed by atoms with Crippen molar-refractivity contribution >= 4 is 17.8 Å². The van der Waals surface area contributed by atoms with E-state index in [9.17, 15) is 25.1 Å². The number of rotatable bonds is 10. The summed E-state index contributed by atoms with van der Waals surface area (Å²) in [6, 6.07) is 1.88. The summed E-state index contributed by atoms with van der Waals surface area (Å²) in [5.41, 5.74) is 2.48. The van der Waals surface area contributed by atoms with Crippen molar-refractivity contribution in [3.8, 4) is 17.8 Å². The third-order valence-corrected chi connectivity index (χ3v) is 5.58. The lowest BCUT2D eigenvalue weighted by Crippen LogP contribution is -2.25. The molecule has 10 heteroatoms. The van der Waals surface area contributed by atoms with Crippen LogP contribution in [-0.2, 0) is 22.6 Å². The molecule has 0 aliphatic heterocycles. The molecule has 0 bridgehead atoms. The van der Waals surface area contributed by atoms with Gasteiger partial charge in [0.1, 0.15) is 11.6 Å². The SMILES string of the molecule is [C-]#[N+]c1c(C)c(C=C=Cc2c(C)c(C#N)c(=O)n(CCCOC)c2O)c(=O)n(CCCOC)c1O. The maximum Gasteiger partial charge on any atom is 0.271 e. The minimum absolute atomic E-state index is 0.0486. The van der Waals surface area contributed by atoms with Crippen LogP contribution in [0, 0.1) is 31.8 Å². The van der Waals surface area contributed by atoms with E-state index in [0.29, 0.717) is 26.1 Å². The van der Waals surface area contributed by atoms with Gasteiger partial charge < -0.3 is 19.7 Å². The molecule has 0 unspecified atom stereocenters. The molecule has 2 N–H and O–H groups in total. The molecule has 35 heavy (non-hydrogen) atoms. The highest BCUT2D eigenvalue weighted by Crippen LogP contribution is 2.31. The van der Waals surface area contributed by atoms with Gasteiger partial charge >= 0.3 is 0 Å². The van der Waals surface area contributed by atoms with Gasteiger partial charge in [0.2, 0.25) is 11.6 Å². The van der Waals surface area contributed by atoms with Gasteiger partial charge in [-0.15, -0.1) is 5.73 Å². The standard InChI is InChI=1S/C25H28N4O6/c1-16-18(22(30)28(11-7-13-34-4)24(32)20(16)15-26)9-6-10-19-17(2)21(27-3)25(33)29(23(19)31)12-8-14-35-5/h9-10,30,33H,7-8,11-14H2,1-2,4-5H3. The Labute approximate surface area is 203 Å². The van der Waals surface area contributed by atoms with E-state index in [2.05, 4.69) is 10.6 Å². The fourth-order valence-corrected chi connectivity index (χ4v) is 3.63. The average molecular weight is 481 g/mol. The van der Waals surface area contributed by atoms with Gasteiger partial charge in [-0.25, -0.2) is 4.85 Å². The van der Waals surface area contributed by atoms with Gasteiger partial charge in [0.05, 0.1) is 6.57 Å². The Morgan fingerprint density at radius 2 is 1.49 bits per heavy atom. The molecule has 0 saturated heterocycles. The first-order valence-corrected chi connectivity index (χ1v) is 10.9. The molecule has 2 rings (SSSR count). The lowest BCUT2D eigenvalue weighted by atomic mass is 10.0. The summed E-state index contributed by atoms with van der Waals surface area (Å²) in [6.07, 6.45) is 3.63. The molecule has 2 heterocycles. The van der Waals surface area contributed by atoms with Gasteiger partial charge in [0.15, 0.2) is 5.88 Å². The molecule has 2 aromatic heterocycles. The summed E-state index contributed by atoms with van der Waals surface area (Å²) >= 11 is 0. The first-order valence-electron chi connectivity index (χ1n) is 10.9. The number of pyridine rings is 2. The maximum absolute atomic E-state index is 13.0. The van der Waals surface area contributed by atoms with Gasteiger partial charge in [0, 0.05) is 51.6 Å². The van der Waals surface area contributed by atoms with Crippen LogP contribution in [0.15, 0.2) is 15.3 Å². The van der Waals surface area contributed by atoms with Gasteiger partial charge in [0.25, 0.3) is 11.1 Å². The summed E-state index contributed by atoms with van der Waals surface area (Å²) in [5.74, 6) is -0.736. The number of methoxy groups -OCH3 is 2. The van der Waals surface area contributed by atoms with Gasteiger partial charge in [-0.05, 0) is 50.0 Å². The zero-order valence-electron chi connectivity index (χ0n) is 20.2. The summed E-state index contributed by atoms with van der Waals surface area (Å²) in [6.45, 7) is 11.5. The highest BCUT2D eigenvalue weighted by Gasteiger charge is 2.19. The Balaban J connectivity index is 2.66. The molecule has 0 aromatic carbocycles.